The van der Waals surface area contributed by atoms with Crippen LogP contribution in [-0.2, 0) is 6.54 Å². The summed E-state index contributed by atoms with van der Waals surface area (Å²) in [5, 5.41) is 9.78. The Morgan fingerprint density at radius 2 is 1.93 bits per heavy atom. The van der Waals surface area contributed by atoms with Crippen LogP contribution in [0.5, 0.6) is 0 Å². The van der Waals surface area contributed by atoms with Gasteiger partial charge in [-0.1, -0.05) is 44.0 Å². The lowest BCUT2D eigenvalue weighted by molar-refractivity contribution is 0.164. The maximum atomic E-state index is 9.78. The molecule has 14 heavy (non-hydrogen) atoms. The molecule has 0 fully saturated rings. The molecular weight excluding hydrogens is 174 g/mol. The lowest BCUT2D eigenvalue weighted by Crippen LogP contribution is -1.99. The van der Waals surface area contributed by atoms with E-state index in [0.717, 1.165) is 30.4 Å². The van der Waals surface area contributed by atoms with E-state index in [1.165, 1.54) is 0 Å². The normalized spacial score (nSPS) is 12.8. The van der Waals surface area contributed by atoms with Gasteiger partial charge in [-0.3, -0.25) is 0 Å². The monoisotopic (exact) mass is 193 g/mol. The summed E-state index contributed by atoms with van der Waals surface area (Å²) in [6, 6.07) is 7.88. The molecule has 0 saturated carbocycles. The second kappa shape index (κ2) is 5.78. The van der Waals surface area contributed by atoms with Crippen molar-refractivity contribution in [3.63, 3.8) is 0 Å². The molecule has 0 aromatic heterocycles. The van der Waals surface area contributed by atoms with Gasteiger partial charge in [-0.15, -0.1) is 0 Å². The Kier molecular flexibility index (Phi) is 4.63. The highest BCUT2D eigenvalue weighted by molar-refractivity contribution is 5.23. The third kappa shape index (κ3) is 3.13. The SMILES string of the molecule is CCCCC(O)c1ccc(CN)cc1. The van der Waals surface area contributed by atoms with E-state index in [1.807, 2.05) is 24.3 Å². The van der Waals surface area contributed by atoms with Crippen LogP contribution >= 0.6 is 0 Å². The van der Waals surface area contributed by atoms with Crippen LogP contribution in [0.3, 0.4) is 0 Å². The zero-order valence-electron chi connectivity index (χ0n) is 8.74. The molecule has 0 aliphatic carbocycles. The van der Waals surface area contributed by atoms with Crippen molar-refractivity contribution in [3.05, 3.63) is 35.4 Å². The molecule has 1 atom stereocenters. The van der Waals surface area contributed by atoms with E-state index in [2.05, 4.69) is 6.92 Å². The van der Waals surface area contributed by atoms with Crippen molar-refractivity contribution in [2.75, 3.05) is 0 Å². The van der Waals surface area contributed by atoms with Gasteiger partial charge < -0.3 is 10.8 Å². The molecule has 0 radical (unpaired) electrons. The van der Waals surface area contributed by atoms with Crippen LogP contribution in [0.2, 0.25) is 0 Å². The molecule has 1 rings (SSSR count). The molecule has 0 amide bonds. The lowest BCUT2D eigenvalue weighted by Gasteiger charge is -2.10. The molecule has 1 aromatic carbocycles. The van der Waals surface area contributed by atoms with Crippen LogP contribution in [-0.4, -0.2) is 5.11 Å². The third-order valence-corrected chi connectivity index (χ3v) is 2.43. The second-order valence-corrected chi connectivity index (χ2v) is 3.60. The molecule has 0 saturated heterocycles. The molecule has 1 aromatic rings. The fourth-order valence-corrected chi connectivity index (χ4v) is 1.44. The van der Waals surface area contributed by atoms with Crippen LogP contribution in [0.4, 0.5) is 0 Å². The fourth-order valence-electron chi connectivity index (χ4n) is 1.44. The van der Waals surface area contributed by atoms with Gasteiger partial charge in [0.2, 0.25) is 0 Å². The Morgan fingerprint density at radius 3 is 2.43 bits per heavy atom. The molecular formula is C12H19NO. The Labute approximate surface area is 85.8 Å². The van der Waals surface area contributed by atoms with Crippen LogP contribution < -0.4 is 5.73 Å². The maximum absolute atomic E-state index is 9.78. The summed E-state index contributed by atoms with van der Waals surface area (Å²) in [6.07, 6.45) is 2.72. The highest BCUT2D eigenvalue weighted by Crippen LogP contribution is 2.19. The molecule has 2 heteroatoms. The standard InChI is InChI=1S/C12H19NO/c1-2-3-4-12(14)11-7-5-10(9-13)6-8-11/h5-8,12,14H,2-4,9,13H2,1H3. The summed E-state index contributed by atoms with van der Waals surface area (Å²) >= 11 is 0. The van der Waals surface area contributed by atoms with Crippen molar-refractivity contribution >= 4 is 0 Å². The van der Waals surface area contributed by atoms with Crippen LogP contribution in [0, 0.1) is 0 Å². The smallest absolute Gasteiger partial charge is 0.0790 e. The minimum Gasteiger partial charge on any atom is -0.388 e. The zero-order chi connectivity index (χ0) is 10.4. The van der Waals surface area contributed by atoms with Crippen molar-refractivity contribution in [2.24, 2.45) is 5.73 Å². The topological polar surface area (TPSA) is 46.2 Å². The number of benzene rings is 1. The number of aliphatic hydroxyl groups is 1. The van der Waals surface area contributed by atoms with Gasteiger partial charge in [-0.05, 0) is 17.5 Å². The van der Waals surface area contributed by atoms with E-state index in [0.29, 0.717) is 6.54 Å². The largest absolute Gasteiger partial charge is 0.388 e. The summed E-state index contributed by atoms with van der Waals surface area (Å²) in [5.41, 5.74) is 7.60. The maximum Gasteiger partial charge on any atom is 0.0790 e. The molecule has 0 bridgehead atoms. The second-order valence-electron chi connectivity index (χ2n) is 3.60. The highest BCUT2D eigenvalue weighted by Gasteiger charge is 2.05. The van der Waals surface area contributed by atoms with Crippen LogP contribution in [0.15, 0.2) is 24.3 Å². The predicted octanol–water partition coefficient (Wildman–Crippen LogP) is 2.37. The Morgan fingerprint density at radius 1 is 1.29 bits per heavy atom. The van der Waals surface area contributed by atoms with Crippen molar-refractivity contribution in [2.45, 2.75) is 38.8 Å². The summed E-state index contributed by atoms with van der Waals surface area (Å²) in [4.78, 5) is 0. The van der Waals surface area contributed by atoms with Gasteiger partial charge in [0, 0.05) is 6.54 Å². The van der Waals surface area contributed by atoms with Gasteiger partial charge in [0.15, 0.2) is 0 Å². The zero-order valence-corrected chi connectivity index (χ0v) is 8.74. The van der Waals surface area contributed by atoms with Gasteiger partial charge in [0.05, 0.1) is 6.10 Å². The third-order valence-electron chi connectivity index (χ3n) is 2.43. The average Bonchev–Trinajstić information content (AvgIpc) is 2.26. The number of hydrogen-bond donors (Lipinski definition) is 2. The Hall–Kier alpha value is -0.860. The molecule has 1 unspecified atom stereocenters. The molecule has 2 nitrogen and oxygen atoms in total. The van der Waals surface area contributed by atoms with E-state index in [-0.39, 0.29) is 6.10 Å². The quantitative estimate of drug-likeness (QED) is 0.754. The Balaban J connectivity index is 2.57. The van der Waals surface area contributed by atoms with Crippen LogP contribution in [0.1, 0.15) is 43.4 Å². The Bertz CT molecular complexity index is 256. The van der Waals surface area contributed by atoms with Gasteiger partial charge in [-0.2, -0.15) is 0 Å². The van der Waals surface area contributed by atoms with Gasteiger partial charge in [0.25, 0.3) is 0 Å². The fraction of sp³-hybridized carbons (Fsp3) is 0.500. The number of nitrogens with two attached hydrogens (primary N) is 1. The first-order valence-corrected chi connectivity index (χ1v) is 5.25. The average molecular weight is 193 g/mol. The molecule has 78 valence electrons. The first-order valence-electron chi connectivity index (χ1n) is 5.25. The molecule has 0 heterocycles. The summed E-state index contributed by atoms with van der Waals surface area (Å²) in [5.74, 6) is 0. The van der Waals surface area contributed by atoms with Crippen molar-refractivity contribution in [3.8, 4) is 0 Å². The highest BCUT2D eigenvalue weighted by atomic mass is 16.3. The van der Waals surface area contributed by atoms with Gasteiger partial charge >= 0.3 is 0 Å². The molecule has 0 aliphatic heterocycles. The van der Waals surface area contributed by atoms with Gasteiger partial charge in [0.1, 0.15) is 0 Å². The van der Waals surface area contributed by atoms with E-state index in [9.17, 15) is 5.11 Å². The predicted molar refractivity (Wildman–Crippen MR) is 58.8 cm³/mol. The minimum absolute atomic E-state index is 0.318. The summed E-state index contributed by atoms with van der Waals surface area (Å²) in [7, 11) is 0. The summed E-state index contributed by atoms with van der Waals surface area (Å²) in [6.45, 7) is 2.69. The number of rotatable bonds is 5. The lowest BCUT2D eigenvalue weighted by atomic mass is 10.0. The van der Waals surface area contributed by atoms with E-state index in [4.69, 9.17) is 5.73 Å². The molecule has 0 spiro atoms. The number of unbranched alkanes of at least 4 members (excludes halogenated alkanes) is 1. The minimum atomic E-state index is -0.318. The first kappa shape index (κ1) is 11.2. The number of hydrogen-bond acceptors (Lipinski definition) is 2. The van der Waals surface area contributed by atoms with E-state index in [1.54, 1.807) is 0 Å². The molecule has 0 aliphatic rings. The number of aliphatic hydroxyl groups excluding tert-OH is 1. The van der Waals surface area contributed by atoms with E-state index >= 15 is 0 Å². The van der Waals surface area contributed by atoms with Crippen LogP contribution in [0.25, 0.3) is 0 Å². The molecule has 3 N–H and O–H groups in total. The first-order chi connectivity index (χ1) is 6.77. The van der Waals surface area contributed by atoms with Crippen molar-refractivity contribution in [1.29, 1.82) is 0 Å². The van der Waals surface area contributed by atoms with Gasteiger partial charge in [-0.25, -0.2) is 0 Å². The van der Waals surface area contributed by atoms with Crippen molar-refractivity contribution in [1.82, 2.24) is 0 Å². The summed E-state index contributed by atoms with van der Waals surface area (Å²) < 4.78 is 0. The van der Waals surface area contributed by atoms with E-state index < -0.39 is 0 Å². The van der Waals surface area contributed by atoms with Crippen molar-refractivity contribution < 1.29 is 5.11 Å².